The number of piperidine rings is 2. The van der Waals surface area contributed by atoms with Crippen molar-refractivity contribution >= 4 is 34.4 Å². The van der Waals surface area contributed by atoms with Gasteiger partial charge in [0, 0.05) is 18.2 Å². The molecule has 5 rings (SSSR count). The largest absolute Gasteiger partial charge is 0.313 e. The Morgan fingerprint density at radius 1 is 1.02 bits per heavy atom. The Labute approximate surface area is 239 Å². The van der Waals surface area contributed by atoms with Gasteiger partial charge >= 0.3 is 0 Å². The van der Waals surface area contributed by atoms with Gasteiger partial charge in [0.2, 0.25) is 0 Å². The lowest BCUT2D eigenvalue weighted by atomic mass is 9.99. The van der Waals surface area contributed by atoms with Gasteiger partial charge in [0.1, 0.15) is 10.8 Å². The van der Waals surface area contributed by atoms with Crippen LogP contribution in [0.25, 0.3) is 0 Å². The van der Waals surface area contributed by atoms with Crippen molar-refractivity contribution in [2.24, 2.45) is 5.10 Å². The fourth-order valence-electron chi connectivity index (χ4n) is 5.60. The zero-order chi connectivity index (χ0) is 27.9. The summed E-state index contributed by atoms with van der Waals surface area (Å²) < 4.78 is 13.4. The molecule has 0 spiro atoms. The fraction of sp³-hybridized carbons (Fsp3) is 0.387. The standard InChI is InChI=1S/C31H36FN5O2S/c1-22-21-40-31(28(22)30(39)35-33-19-23-7-6-10-26(32)18-23)34-29(38)25-9-5-8-24(17-25)20-36-15-11-27(12-16-36)37-13-3-2-4-14-37/h5-10,17-19,21,27H,2-4,11-16,20H2,1H3,(H,34,38)(H,35,39). The molecule has 3 heterocycles. The molecule has 0 bridgehead atoms. The smallest absolute Gasteiger partial charge is 0.274 e. The second kappa shape index (κ2) is 13.3. The number of anilines is 1. The molecule has 2 aliphatic rings. The Kier molecular flexibility index (Phi) is 9.36. The summed E-state index contributed by atoms with van der Waals surface area (Å²) in [4.78, 5) is 31.2. The summed E-state index contributed by atoms with van der Waals surface area (Å²) in [6, 6.07) is 14.4. The van der Waals surface area contributed by atoms with Crippen molar-refractivity contribution in [1.29, 1.82) is 0 Å². The third-order valence-corrected chi connectivity index (χ3v) is 8.73. The van der Waals surface area contributed by atoms with Gasteiger partial charge in [-0.1, -0.05) is 30.7 Å². The average Bonchev–Trinajstić information content (AvgIpc) is 3.33. The molecule has 2 fully saturated rings. The van der Waals surface area contributed by atoms with Crippen molar-refractivity contribution in [1.82, 2.24) is 15.2 Å². The van der Waals surface area contributed by atoms with Crippen molar-refractivity contribution in [2.75, 3.05) is 31.5 Å². The van der Waals surface area contributed by atoms with Gasteiger partial charge < -0.3 is 10.2 Å². The fourth-order valence-corrected chi connectivity index (χ4v) is 6.53. The highest BCUT2D eigenvalue weighted by molar-refractivity contribution is 7.15. The minimum atomic E-state index is -0.441. The summed E-state index contributed by atoms with van der Waals surface area (Å²) in [5.74, 6) is -1.08. The molecule has 0 unspecified atom stereocenters. The Morgan fingerprint density at radius 3 is 2.58 bits per heavy atom. The molecule has 0 aliphatic carbocycles. The first-order valence-electron chi connectivity index (χ1n) is 14.0. The van der Waals surface area contributed by atoms with Crippen LogP contribution >= 0.6 is 11.3 Å². The van der Waals surface area contributed by atoms with Crippen molar-refractivity contribution in [3.05, 3.63) is 87.5 Å². The summed E-state index contributed by atoms with van der Waals surface area (Å²) in [5.41, 5.74) is 5.78. The topological polar surface area (TPSA) is 77.0 Å². The van der Waals surface area contributed by atoms with Gasteiger partial charge in [0.15, 0.2) is 0 Å². The first-order valence-corrected chi connectivity index (χ1v) is 14.9. The maximum atomic E-state index is 13.4. The van der Waals surface area contributed by atoms with E-state index in [0.29, 0.717) is 27.7 Å². The van der Waals surface area contributed by atoms with Crippen molar-refractivity contribution in [3.63, 3.8) is 0 Å². The number of nitrogens with zero attached hydrogens (tertiary/aromatic N) is 3. The zero-order valence-electron chi connectivity index (χ0n) is 22.9. The molecule has 0 radical (unpaired) electrons. The minimum absolute atomic E-state index is 0.259. The lowest BCUT2D eigenvalue weighted by Gasteiger charge is -2.40. The van der Waals surface area contributed by atoms with Crippen molar-refractivity contribution in [3.8, 4) is 0 Å². The molecule has 2 aromatic carbocycles. The molecule has 1 aromatic heterocycles. The Hall–Kier alpha value is -3.40. The molecule has 3 aromatic rings. The highest BCUT2D eigenvalue weighted by Gasteiger charge is 2.25. The second-order valence-corrected chi connectivity index (χ2v) is 11.5. The summed E-state index contributed by atoms with van der Waals surface area (Å²) in [5, 5.41) is 9.15. The molecule has 7 nitrogen and oxygen atoms in total. The van der Waals surface area contributed by atoms with E-state index >= 15 is 0 Å². The summed E-state index contributed by atoms with van der Waals surface area (Å²) in [6.07, 6.45) is 7.81. The van der Waals surface area contributed by atoms with Crippen LogP contribution < -0.4 is 10.7 Å². The molecule has 2 N–H and O–H groups in total. The quantitative estimate of drug-likeness (QED) is 0.275. The average molecular weight is 562 g/mol. The SMILES string of the molecule is Cc1csc(NC(=O)c2cccc(CN3CCC(N4CCCCC4)CC3)c2)c1C(=O)NN=Cc1cccc(F)c1. The van der Waals surface area contributed by atoms with E-state index in [0.717, 1.165) is 30.8 Å². The number of nitrogens with one attached hydrogen (secondary N) is 2. The predicted octanol–water partition coefficient (Wildman–Crippen LogP) is 5.66. The highest BCUT2D eigenvalue weighted by Crippen LogP contribution is 2.28. The van der Waals surface area contributed by atoms with Crippen LogP contribution in [0.1, 0.15) is 69.5 Å². The Bertz CT molecular complexity index is 1360. The normalized spacial score (nSPS) is 17.2. The van der Waals surface area contributed by atoms with Gasteiger partial charge in [0.25, 0.3) is 11.8 Å². The van der Waals surface area contributed by atoms with Crippen LogP contribution in [0, 0.1) is 12.7 Å². The van der Waals surface area contributed by atoms with Gasteiger partial charge in [-0.3, -0.25) is 14.5 Å². The van der Waals surface area contributed by atoms with Crippen LogP contribution in [-0.4, -0.2) is 60.0 Å². The number of carbonyl (C=O) groups excluding carboxylic acids is 2. The number of hydrogen-bond acceptors (Lipinski definition) is 6. The van der Waals surface area contributed by atoms with Gasteiger partial charge in [-0.25, -0.2) is 9.82 Å². The molecular formula is C31H36FN5O2S. The van der Waals surface area contributed by atoms with Gasteiger partial charge in [-0.15, -0.1) is 11.3 Å². The van der Waals surface area contributed by atoms with E-state index in [2.05, 4.69) is 31.7 Å². The van der Waals surface area contributed by atoms with E-state index in [1.165, 1.54) is 74.9 Å². The first-order chi connectivity index (χ1) is 19.5. The predicted molar refractivity (Wildman–Crippen MR) is 159 cm³/mol. The number of aryl methyl sites for hydroxylation is 1. The number of hydrogen-bond donors (Lipinski definition) is 2. The number of hydrazone groups is 1. The first kappa shape index (κ1) is 28.1. The second-order valence-electron chi connectivity index (χ2n) is 10.6. The molecular weight excluding hydrogens is 525 g/mol. The lowest BCUT2D eigenvalue weighted by molar-refractivity contribution is 0.0896. The minimum Gasteiger partial charge on any atom is -0.313 e. The maximum Gasteiger partial charge on any atom is 0.274 e. The van der Waals surface area contributed by atoms with Crippen LogP contribution in [0.5, 0.6) is 0 Å². The van der Waals surface area contributed by atoms with E-state index in [9.17, 15) is 14.0 Å². The van der Waals surface area contributed by atoms with Gasteiger partial charge in [0.05, 0.1) is 11.8 Å². The summed E-state index contributed by atoms with van der Waals surface area (Å²) in [7, 11) is 0. The molecule has 9 heteroatoms. The Balaban J connectivity index is 1.17. The van der Waals surface area contributed by atoms with E-state index in [-0.39, 0.29) is 11.7 Å². The van der Waals surface area contributed by atoms with Crippen LogP contribution in [0.15, 0.2) is 59.0 Å². The monoisotopic (exact) mass is 561 g/mol. The molecule has 2 amide bonds. The van der Waals surface area contributed by atoms with E-state index < -0.39 is 5.91 Å². The molecule has 40 heavy (non-hydrogen) atoms. The number of rotatable bonds is 8. The number of benzene rings is 2. The molecule has 0 atom stereocenters. The lowest BCUT2D eigenvalue weighted by Crippen LogP contribution is -2.46. The van der Waals surface area contributed by atoms with Crippen LogP contribution in [0.4, 0.5) is 9.39 Å². The van der Waals surface area contributed by atoms with Gasteiger partial charge in [-0.2, -0.15) is 5.10 Å². The number of likely N-dealkylation sites (tertiary alicyclic amines) is 2. The number of thiophene rings is 1. The number of halogens is 1. The molecule has 2 saturated heterocycles. The summed E-state index contributed by atoms with van der Waals surface area (Å²) >= 11 is 1.30. The number of carbonyl (C=O) groups is 2. The van der Waals surface area contributed by atoms with Crippen LogP contribution in [0.3, 0.4) is 0 Å². The molecule has 2 aliphatic heterocycles. The van der Waals surface area contributed by atoms with E-state index in [1.807, 2.05) is 24.4 Å². The zero-order valence-corrected chi connectivity index (χ0v) is 23.7. The summed E-state index contributed by atoms with van der Waals surface area (Å²) in [6.45, 7) is 7.28. The van der Waals surface area contributed by atoms with Crippen molar-refractivity contribution in [2.45, 2.75) is 51.6 Å². The van der Waals surface area contributed by atoms with Gasteiger partial charge in [-0.05, 0) is 105 Å². The Morgan fingerprint density at radius 2 is 1.80 bits per heavy atom. The number of amides is 2. The maximum absolute atomic E-state index is 13.4. The third-order valence-electron chi connectivity index (χ3n) is 7.72. The molecule has 0 saturated carbocycles. The van der Waals surface area contributed by atoms with Crippen LogP contribution in [0.2, 0.25) is 0 Å². The van der Waals surface area contributed by atoms with Crippen molar-refractivity contribution < 1.29 is 14.0 Å². The molecule has 210 valence electrons. The van der Waals surface area contributed by atoms with Crippen LogP contribution in [-0.2, 0) is 6.54 Å². The highest BCUT2D eigenvalue weighted by atomic mass is 32.1. The van der Waals surface area contributed by atoms with E-state index in [1.54, 1.807) is 18.2 Å². The third kappa shape index (κ3) is 7.21. The van der Waals surface area contributed by atoms with E-state index in [4.69, 9.17) is 0 Å².